The van der Waals surface area contributed by atoms with Crippen LogP contribution in [0.4, 0.5) is 4.39 Å². The number of aromatic nitrogens is 1. The SMILES string of the molecule is COC[C@H](N)c1cnc(F)cc1C. The molecule has 1 rings (SSSR count). The molecular formula is C9H13FN2O. The van der Waals surface area contributed by atoms with Crippen LogP contribution < -0.4 is 5.73 Å². The Morgan fingerprint density at radius 1 is 1.69 bits per heavy atom. The van der Waals surface area contributed by atoms with Crippen LogP contribution in [0.25, 0.3) is 0 Å². The fraction of sp³-hybridized carbons (Fsp3) is 0.444. The number of nitrogens with two attached hydrogens (primary N) is 1. The molecule has 2 N–H and O–H groups in total. The molecule has 0 fully saturated rings. The molecule has 3 nitrogen and oxygen atoms in total. The van der Waals surface area contributed by atoms with Crippen LogP contribution in [0.1, 0.15) is 17.2 Å². The lowest BCUT2D eigenvalue weighted by Gasteiger charge is -2.12. The van der Waals surface area contributed by atoms with Crippen LogP contribution in [-0.4, -0.2) is 18.7 Å². The largest absolute Gasteiger partial charge is 0.383 e. The van der Waals surface area contributed by atoms with Gasteiger partial charge < -0.3 is 10.5 Å². The van der Waals surface area contributed by atoms with Gasteiger partial charge in [-0.3, -0.25) is 0 Å². The maximum Gasteiger partial charge on any atom is 0.213 e. The van der Waals surface area contributed by atoms with Gasteiger partial charge in [0, 0.05) is 13.3 Å². The van der Waals surface area contributed by atoms with Crippen molar-refractivity contribution in [2.75, 3.05) is 13.7 Å². The van der Waals surface area contributed by atoms with Gasteiger partial charge >= 0.3 is 0 Å². The molecule has 0 spiro atoms. The van der Waals surface area contributed by atoms with Crippen molar-refractivity contribution in [1.82, 2.24) is 4.98 Å². The Kier molecular flexibility index (Phi) is 3.33. The molecule has 0 aromatic carbocycles. The molecule has 0 bridgehead atoms. The molecule has 0 radical (unpaired) electrons. The highest BCUT2D eigenvalue weighted by atomic mass is 19.1. The Morgan fingerprint density at radius 3 is 2.92 bits per heavy atom. The van der Waals surface area contributed by atoms with Crippen LogP contribution >= 0.6 is 0 Å². The van der Waals surface area contributed by atoms with E-state index < -0.39 is 5.95 Å². The van der Waals surface area contributed by atoms with Crippen molar-refractivity contribution in [3.8, 4) is 0 Å². The Labute approximate surface area is 76.7 Å². The number of nitrogens with zero attached hydrogens (tertiary/aromatic N) is 1. The van der Waals surface area contributed by atoms with Gasteiger partial charge in [0.2, 0.25) is 5.95 Å². The molecule has 0 amide bonds. The molecule has 4 heteroatoms. The summed E-state index contributed by atoms with van der Waals surface area (Å²) in [5.41, 5.74) is 7.39. The first-order chi connectivity index (χ1) is 6.15. The van der Waals surface area contributed by atoms with Gasteiger partial charge in [0.25, 0.3) is 0 Å². The maximum atomic E-state index is 12.6. The quantitative estimate of drug-likeness (QED) is 0.717. The van der Waals surface area contributed by atoms with E-state index in [2.05, 4.69) is 4.98 Å². The van der Waals surface area contributed by atoms with Gasteiger partial charge in [-0.1, -0.05) is 0 Å². The number of ether oxygens (including phenoxy) is 1. The normalized spacial score (nSPS) is 12.9. The lowest BCUT2D eigenvalue weighted by Crippen LogP contribution is -2.17. The average Bonchev–Trinajstić information content (AvgIpc) is 2.04. The summed E-state index contributed by atoms with van der Waals surface area (Å²) in [5.74, 6) is -0.481. The molecule has 1 atom stereocenters. The third-order valence-electron chi connectivity index (χ3n) is 1.86. The van der Waals surface area contributed by atoms with Crippen molar-refractivity contribution in [1.29, 1.82) is 0 Å². The number of rotatable bonds is 3. The summed E-state index contributed by atoms with van der Waals surface area (Å²) in [7, 11) is 1.58. The molecule has 0 saturated carbocycles. The Hall–Kier alpha value is -1.00. The van der Waals surface area contributed by atoms with E-state index in [1.165, 1.54) is 12.3 Å². The summed E-state index contributed by atoms with van der Waals surface area (Å²) in [6.45, 7) is 2.21. The van der Waals surface area contributed by atoms with Crippen molar-refractivity contribution in [2.45, 2.75) is 13.0 Å². The summed E-state index contributed by atoms with van der Waals surface area (Å²) < 4.78 is 17.5. The van der Waals surface area contributed by atoms with Crippen molar-refractivity contribution in [2.24, 2.45) is 5.73 Å². The van der Waals surface area contributed by atoms with E-state index in [4.69, 9.17) is 10.5 Å². The van der Waals surface area contributed by atoms with Gasteiger partial charge in [0.15, 0.2) is 0 Å². The Balaban J connectivity index is 2.88. The standard InChI is InChI=1S/C9H13FN2O/c1-6-3-9(10)12-4-7(6)8(11)5-13-2/h3-4,8H,5,11H2,1-2H3/t8-/m0/s1. The van der Waals surface area contributed by atoms with E-state index in [-0.39, 0.29) is 6.04 Å². The second-order valence-corrected chi connectivity index (χ2v) is 2.93. The molecule has 72 valence electrons. The fourth-order valence-corrected chi connectivity index (χ4v) is 1.19. The number of methoxy groups -OCH3 is 1. The van der Waals surface area contributed by atoms with Crippen molar-refractivity contribution >= 4 is 0 Å². The first-order valence-corrected chi connectivity index (χ1v) is 4.01. The van der Waals surface area contributed by atoms with Crippen LogP contribution in [0.3, 0.4) is 0 Å². The van der Waals surface area contributed by atoms with E-state index in [1.807, 2.05) is 0 Å². The number of aryl methyl sites for hydroxylation is 1. The lowest BCUT2D eigenvalue weighted by atomic mass is 10.1. The van der Waals surface area contributed by atoms with Gasteiger partial charge in [-0.15, -0.1) is 0 Å². The van der Waals surface area contributed by atoms with Crippen molar-refractivity contribution in [3.05, 3.63) is 29.3 Å². The van der Waals surface area contributed by atoms with Crippen LogP contribution in [0.15, 0.2) is 12.3 Å². The number of hydrogen-bond acceptors (Lipinski definition) is 3. The minimum absolute atomic E-state index is 0.238. The van der Waals surface area contributed by atoms with Gasteiger partial charge in [-0.05, 0) is 24.1 Å². The topological polar surface area (TPSA) is 48.1 Å². The van der Waals surface area contributed by atoms with Gasteiger partial charge in [0.1, 0.15) is 0 Å². The van der Waals surface area contributed by atoms with Gasteiger partial charge in [-0.2, -0.15) is 4.39 Å². The molecule has 13 heavy (non-hydrogen) atoms. The van der Waals surface area contributed by atoms with Crippen LogP contribution in [0, 0.1) is 12.9 Å². The van der Waals surface area contributed by atoms with Gasteiger partial charge in [0.05, 0.1) is 12.6 Å². The third kappa shape index (κ3) is 2.47. The van der Waals surface area contributed by atoms with E-state index in [9.17, 15) is 4.39 Å². The van der Waals surface area contributed by atoms with E-state index in [1.54, 1.807) is 14.0 Å². The lowest BCUT2D eigenvalue weighted by molar-refractivity contribution is 0.180. The monoisotopic (exact) mass is 184 g/mol. The van der Waals surface area contributed by atoms with Crippen LogP contribution in [0.5, 0.6) is 0 Å². The zero-order valence-corrected chi connectivity index (χ0v) is 7.75. The minimum Gasteiger partial charge on any atom is -0.383 e. The summed E-state index contributed by atoms with van der Waals surface area (Å²) in [5, 5.41) is 0. The fourth-order valence-electron chi connectivity index (χ4n) is 1.19. The Morgan fingerprint density at radius 2 is 2.38 bits per heavy atom. The number of hydrogen-bond donors (Lipinski definition) is 1. The highest BCUT2D eigenvalue weighted by Crippen LogP contribution is 2.14. The zero-order valence-electron chi connectivity index (χ0n) is 7.75. The molecular weight excluding hydrogens is 171 g/mol. The average molecular weight is 184 g/mol. The number of pyridine rings is 1. The highest BCUT2D eigenvalue weighted by Gasteiger charge is 2.09. The summed E-state index contributed by atoms with van der Waals surface area (Å²) in [6.07, 6.45) is 1.45. The maximum absolute atomic E-state index is 12.6. The Bertz CT molecular complexity index is 291. The van der Waals surface area contributed by atoms with Crippen LogP contribution in [0.2, 0.25) is 0 Å². The predicted octanol–water partition coefficient (Wildman–Crippen LogP) is 1.18. The molecule has 0 unspecified atom stereocenters. The van der Waals surface area contributed by atoms with Crippen molar-refractivity contribution in [3.63, 3.8) is 0 Å². The van der Waals surface area contributed by atoms with E-state index in [0.717, 1.165) is 11.1 Å². The zero-order chi connectivity index (χ0) is 9.84. The van der Waals surface area contributed by atoms with Crippen LogP contribution in [-0.2, 0) is 4.74 Å². The van der Waals surface area contributed by atoms with Gasteiger partial charge in [-0.25, -0.2) is 4.98 Å². The first kappa shape index (κ1) is 10.1. The molecule has 1 aromatic heterocycles. The summed E-state index contributed by atoms with van der Waals surface area (Å²) >= 11 is 0. The predicted molar refractivity (Wildman–Crippen MR) is 47.7 cm³/mol. The number of halogens is 1. The molecule has 0 aliphatic heterocycles. The van der Waals surface area contributed by atoms with E-state index in [0.29, 0.717) is 6.61 Å². The summed E-state index contributed by atoms with van der Waals surface area (Å²) in [4.78, 5) is 3.54. The molecule has 0 aliphatic carbocycles. The third-order valence-corrected chi connectivity index (χ3v) is 1.86. The van der Waals surface area contributed by atoms with Crippen molar-refractivity contribution < 1.29 is 9.13 Å². The smallest absolute Gasteiger partial charge is 0.213 e. The highest BCUT2D eigenvalue weighted by molar-refractivity contribution is 5.25. The first-order valence-electron chi connectivity index (χ1n) is 4.01. The second kappa shape index (κ2) is 4.30. The molecule has 1 aromatic rings. The molecule has 0 saturated heterocycles. The second-order valence-electron chi connectivity index (χ2n) is 2.93. The molecule has 0 aliphatic rings. The van der Waals surface area contributed by atoms with E-state index >= 15 is 0 Å². The summed E-state index contributed by atoms with van der Waals surface area (Å²) in [6, 6.07) is 1.13. The minimum atomic E-state index is -0.481. The molecule has 1 heterocycles.